The van der Waals surface area contributed by atoms with Gasteiger partial charge >= 0.3 is 6.03 Å². The van der Waals surface area contributed by atoms with E-state index in [1.807, 2.05) is 13.8 Å². The Kier molecular flexibility index (Phi) is 5.76. The van der Waals surface area contributed by atoms with Crippen LogP contribution in [0, 0.1) is 13.8 Å². The number of amides is 2. The van der Waals surface area contributed by atoms with Gasteiger partial charge in [0.1, 0.15) is 0 Å². The lowest BCUT2D eigenvalue weighted by Crippen LogP contribution is -2.37. The van der Waals surface area contributed by atoms with Crippen LogP contribution < -0.4 is 10.6 Å². The Balaban J connectivity index is 1.80. The van der Waals surface area contributed by atoms with Crippen LogP contribution in [-0.2, 0) is 6.54 Å². The van der Waals surface area contributed by atoms with E-state index in [9.17, 15) is 9.90 Å². The Morgan fingerprint density at radius 1 is 1.36 bits per heavy atom. The Labute approximate surface area is 138 Å². The van der Waals surface area contributed by atoms with Crippen LogP contribution in [0.4, 0.5) is 4.79 Å². The summed E-state index contributed by atoms with van der Waals surface area (Å²) in [6.07, 6.45) is -0.845. The van der Waals surface area contributed by atoms with Crippen molar-refractivity contribution in [3.8, 4) is 0 Å². The van der Waals surface area contributed by atoms with Crippen molar-refractivity contribution in [3.05, 3.63) is 50.4 Å². The number of aliphatic hydroxyl groups excluding tert-OH is 1. The number of carbonyl (C=O) groups excluding carboxylic acids is 1. The van der Waals surface area contributed by atoms with Gasteiger partial charge in [0.25, 0.3) is 0 Å². The van der Waals surface area contributed by atoms with Crippen LogP contribution in [0.25, 0.3) is 0 Å². The highest BCUT2D eigenvalue weighted by molar-refractivity contribution is 7.11. The summed E-state index contributed by atoms with van der Waals surface area (Å²) in [6.45, 7) is 4.36. The normalized spacial score (nSPS) is 12.0. The molecule has 3 N–H and O–H groups in total. The van der Waals surface area contributed by atoms with Crippen LogP contribution in [0.1, 0.15) is 27.2 Å². The van der Waals surface area contributed by atoms with Crippen LogP contribution >= 0.6 is 22.9 Å². The van der Waals surface area contributed by atoms with Gasteiger partial charge in [0, 0.05) is 22.0 Å². The number of aryl methyl sites for hydroxylation is 2. The third-order valence-electron chi connectivity index (χ3n) is 3.14. The molecule has 0 fully saturated rings. The van der Waals surface area contributed by atoms with Crippen molar-refractivity contribution in [2.75, 3.05) is 6.54 Å². The standard InChI is InChI=1S/C15H18ClN3O2S/c1-9-13(19-10(2)22-9)7-17-15(21)18-8-14(20)11-5-3-4-6-12(11)16/h3-6,14,20H,7-8H2,1-2H3,(H2,17,18,21). The summed E-state index contributed by atoms with van der Waals surface area (Å²) in [5.74, 6) is 0. The molecule has 118 valence electrons. The average Bonchev–Trinajstić information content (AvgIpc) is 2.81. The molecular formula is C15H18ClN3O2S. The molecule has 0 aliphatic carbocycles. The predicted octanol–water partition coefficient (Wildman–Crippen LogP) is 2.95. The van der Waals surface area contributed by atoms with Gasteiger partial charge in [-0.25, -0.2) is 9.78 Å². The molecule has 22 heavy (non-hydrogen) atoms. The molecule has 0 bridgehead atoms. The van der Waals surface area contributed by atoms with Crippen LogP contribution in [0.3, 0.4) is 0 Å². The summed E-state index contributed by atoms with van der Waals surface area (Å²) in [5, 5.41) is 16.8. The van der Waals surface area contributed by atoms with Gasteiger partial charge in [-0.1, -0.05) is 29.8 Å². The zero-order chi connectivity index (χ0) is 16.1. The lowest BCUT2D eigenvalue weighted by Gasteiger charge is -2.14. The molecule has 0 saturated carbocycles. The van der Waals surface area contributed by atoms with E-state index in [-0.39, 0.29) is 12.6 Å². The first kappa shape index (κ1) is 16.7. The molecule has 0 radical (unpaired) electrons. The first-order valence-corrected chi connectivity index (χ1v) is 8.04. The van der Waals surface area contributed by atoms with E-state index >= 15 is 0 Å². The number of halogens is 1. The Morgan fingerprint density at radius 3 is 2.73 bits per heavy atom. The van der Waals surface area contributed by atoms with E-state index in [0.29, 0.717) is 17.1 Å². The molecule has 2 amide bonds. The molecule has 1 aromatic carbocycles. The number of nitrogens with one attached hydrogen (secondary N) is 2. The van der Waals surface area contributed by atoms with E-state index in [1.165, 1.54) is 0 Å². The maximum Gasteiger partial charge on any atom is 0.315 e. The number of rotatable bonds is 5. The highest BCUT2D eigenvalue weighted by Gasteiger charge is 2.12. The summed E-state index contributed by atoms with van der Waals surface area (Å²) >= 11 is 7.60. The summed E-state index contributed by atoms with van der Waals surface area (Å²) in [4.78, 5) is 17.2. The minimum Gasteiger partial charge on any atom is -0.387 e. The minimum atomic E-state index is -0.845. The maximum absolute atomic E-state index is 11.8. The van der Waals surface area contributed by atoms with Crippen molar-refractivity contribution >= 4 is 29.0 Å². The van der Waals surface area contributed by atoms with Crippen molar-refractivity contribution in [3.63, 3.8) is 0 Å². The minimum absolute atomic E-state index is 0.0879. The molecule has 7 heteroatoms. The van der Waals surface area contributed by atoms with Crippen LogP contribution in [0.15, 0.2) is 24.3 Å². The first-order valence-electron chi connectivity index (χ1n) is 6.84. The third kappa shape index (κ3) is 4.43. The summed E-state index contributed by atoms with van der Waals surface area (Å²) in [7, 11) is 0. The highest BCUT2D eigenvalue weighted by Crippen LogP contribution is 2.21. The van der Waals surface area contributed by atoms with Gasteiger partial charge < -0.3 is 15.7 Å². The third-order valence-corrected chi connectivity index (χ3v) is 4.41. The lowest BCUT2D eigenvalue weighted by atomic mass is 10.1. The van der Waals surface area contributed by atoms with E-state index in [0.717, 1.165) is 15.6 Å². The van der Waals surface area contributed by atoms with Crippen LogP contribution in [0.5, 0.6) is 0 Å². The summed E-state index contributed by atoms with van der Waals surface area (Å²) in [6, 6.07) is 6.66. The summed E-state index contributed by atoms with van der Waals surface area (Å²) in [5.41, 5.74) is 1.46. The zero-order valence-corrected chi connectivity index (χ0v) is 14.0. The predicted molar refractivity (Wildman–Crippen MR) is 88.2 cm³/mol. The average molecular weight is 340 g/mol. The number of nitrogens with zero attached hydrogens (tertiary/aromatic N) is 1. The fourth-order valence-electron chi connectivity index (χ4n) is 2.01. The van der Waals surface area contributed by atoms with Crippen molar-refractivity contribution in [2.45, 2.75) is 26.5 Å². The lowest BCUT2D eigenvalue weighted by molar-refractivity contribution is 0.173. The van der Waals surface area contributed by atoms with Gasteiger partial charge in [-0.15, -0.1) is 11.3 Å². The van der Waals surface area contributed by atoms with E-state index in [2.05, 4.69) is 15.6 Å². The number of aromatic nitrogens is 1. The number of hydrogen-bond donors (Lipinski definition) is 3. The van der Waals surface area contributed by atoms with Gasteiger partial charge in [0.2, 0.25) is 0 Å². The highest BCUT2D eigenvalue weighted by atomic mass is 35.5. The molecule has 2 aromatic rings. The molecule has 0 aliphatic rings. The molecule has 1 atom stereocenters. The molecule has 1 heterocycles. The van der Waals surface area contributed by atoms with E-state index in [1.54, 1.807) is 35.6 Å². The number of carbonyl (C=O) groups is 1. The molecule has 2 rings (SSSR count). The zero-order valence-electron chi connectivity index (χ0n) is 12.4. The molecular weight excluding hydrogens is 322 g/mol. The number of urea groups is 1. The van der Waals surface area contributed by atoms with Gasteiger partial charge in [0.05, 0.1) is 23.4 Å². The second-order valence-electron chi connectivity index (χ2n) is 4.84. The van der Waals surface area contributed by atoms with E-state index in [4.69, 9.17) is 11.6 Å². The topological polar surface area (TPSA) is 74.2 Å². The SMILES string of the molecule is Cc1nc(CNC(=O)NCC(O)c2ccccc2Cl)c(C)s1. The molecule has 1 unspecified atom stereocenters. The monoisotopic (exact) mass is 339 g/mol. The van der Waals surface area contributed by atoms with Crippen LogP contribution in [0.2, 0.25) is 5.02 Å². The second-order valence-corrected chi connectivity index (χ2v) is 6.65. The van der Waals surface area contributed by atoms with Crippen molar-refractivity contribution < 1.29 is 9.90 Å². The van der Waals surface area contributed by atoms with Crippen molar-refractivity contribution in [1.82, 2.24) is 15.6 Å². The Hall–Kier alpha value is -1.63. The van der Waals surface area contributed by atoms with Crippen molar-refractivity contribution in [2.24, 2.45) is 0 Å². The maximum atomic E-state index is 11.8. The number of hydrogen-bond acceptors (Lipinski definition) is 4. The largest absolute Gasteiger partial charge is 0.387 e. The van der Waals surface area contributed by atoms with Gasteiger partial charge in [0.15, 0.2) is 0 Å². The van der Waals surface area contributed by atoms with Crippen LogP contribution in [-0.4, -0.2) is 22.7 Å². The molecule has 1 aromatic heterocycles. The number of thiazole rings is 1. The quantitative estimate of drug-likeness (QED) is 0.784. The summed E-state index contributed by atoms with van der Waals surface area (Å²) < 4.78 is 0. The fourth-order valence-corrected chi connectivity index (χ4v) is 3.10. The fraction of sp³-hybridized carbons (Fsp3) is 0.333. The van der Waals surface area contributed by atoms with Gasteiger partial charge in [-0.05, 0) is 19.9 Å². The van der Waals surface area contributed by atoms with Crippen molar-refractivity contribution in [1.29, 1.82) is 0 Å². The van der Waals surface area contributed by atoms with Gasteiger partial charge in [-0.3, -0.25) is 0 Å². The Bertz CT molecular complexity index is 660. The molecule has 0 spiro atoms. The van der Waals surface area contributed by atoms with Gasteiger partial charge in [-0.2, -0.15) is 0 Å². The molecule has 0 saturated heterocycles. The number of benzene rings is 1. The molecule has 0 aliphatic heterocycles. The number of aliphatic hydroxyl groups is 1. The Morgan fingerprint density at radius 2 is 2.09 bits per heavy atom. The smallest absolute Gasteiger partial charge is 0.315 e. The first-order chi connectivity index (χ1) is 10.5. The second kappa shape index (κ2) is 7.58. The van der Waals surface area contributed by atoms with E-state index < -0.39 is 6.10 Å². The molecule has 5 nitrogen and oxygen atoms in total.